The minimum atomic E-state index is -5.12. The molecule has 0 aromatic carbocycles. The van der Waals surface area contributed by atoms with Gasteiger partial charge in [0, 0.05) is 0 Å². The molecule has 0 atom stereocenters. The molecule has 0 aliphatic carbocycles. The molecule has 1 amide bonds. The van der Waals surface area contributed by atoms with Gasteiger partial charge in [-0.25, -0.2) is 9.78 Å². The van der Waals surface area contributed by atoms with Crippen molar-refractivity contribution in [1.82, 2.24) is 4.98 Å². The fraction of sp³-hybridized carbons (Fsp3) is 0.125. The third-order valence-electron chi connectivity index (χ3n) is 1.61. The first-order valence-corrected chi connectivity index (χ1v) is 4.36. The number of amides is 1. The Labute approximate surface area is 97.2 Å². The van der Waals surface area contributed by atoms with Crippen LogP contribution in [0.2, 0.25) is 5.15 Å². The Hall–Kier alpha value is -1.83. The van der Waals surface area contributed by atoms with Crippen LogP contribution in [0, 0.1) is 0 Å². The summed E-state index contributed by atoms with van der Waals surface area (Å²) in [5.74, 6) is -3.82. The molecule has 0 saturated heterocycles. The topological polar surface area (TPSA) is 79.3 Å². The average Bonchev–Trinajstić information content (AvgIpc) is 2.18. The van der Waals surface area contributed by atoms with E-state index >= 15 is 0 Å². The molecule has 9 heteroatoms. The van der Waals surface area contributed by atoms with Crippen LogP contribution >= 0.6 is 11.6 Å². The summed E-state index contributed by atoms with van der Waals surface area (Å²) in [7, 11) is 0. The van der Waals surface area contributed by atoms with Crippen molar-refractivity contribution in [2.24, 2.45) is 0 Å². The lowest BCUT2D eigenvalue weighted by molar-refractivity contribution is -0.167. The van der Waals surface area contributed by atoms with Gasteiger partial charge in [0.25, 0.3) is 0 Å². The van der Waals surface area contributed by atoms with E-state index in [4.69, 9.17) is 16.7 Å². The van der Waals surface area contributed by atoms with Gasteiger partial charge in [0.05, 0.1) is 17.4 Å². The molecule has 0 unspecified atom stereocenters. The van der Waals surface area contributed by atoms with E-state index in [2.05, 4.69) is 4.98 Å². The number of nitrogens with one attached hydrogen (secondary N) is 1. The Morgan fingerprint density at radius 1 is 1.41 bits per heavy atom. The maximum absolute atomic E-state index is 11.9. The number of carbonyl (C=O) groups excluding carboxylic acids is 1. The molecule has 92 valence electrons. The number of anilines is 1. The van der Waals surface area contributed by atoms with Crippen LogP contribution in [0.5, 0.6) is 0 Å². The summed E-state index contributed by atoms with van der Waals surface area (Å²) in [5, 5.41) is 9.86. The molecule has 0 bridgehead atoms. The van der Waals surface area contributed by atoms with Crippen LogP contribution in [0.3, 0.4) is 0 Å². The third kappa shape index (κ3) is 3.31. The number of pyridine rings is 1. The highest BCUT2D eigenvalue weighted by molar-refractivity contribution is 6.29. The van der Waals surface area contributed by atoms with Crippen molar-refractivity contribution >= 4 is 29.2 Å². The first-order valence-electron chi connectivity index (χ1n) is 3.99. The van der Waals surface area contributed by atoms with Crippen LogP contribution < -0.4 is 5.32 Å². The third-order valence-corrected chi connectivity index (χ3v) is 1.81. The normalized spacial score (nSPS) is 11.1. The molecule has 1 aromatic heterocycles. The second kappa shape index (κ2) is 4.58. The van der Waals surface area contributed by atoms with Crippen LogP contribution in [0.15, 0.2) is 12.3 Å². The molecule has 17 heavy (non-hydrogen) atoms. The van der Waals surface area contributed by atoms with Crippen LogP contribution in [0.1, 0.15) is 10.4 Å². The van der Waals surface area contributed by atoms with E-state index in [1.54, 1.807) is 0 Å². The molecule has 1 aromatic rings. The number of hydrogen-bond donors (Lipinski definition) is 2. The molecule has 1 rings (SSSR count). The largest absolute Gasteiger partial charge is 0.478 e. The predicted molar refractivity (Wildman–Crippen MR) is 50.9 cm³/mol. The van der Waals surface area contributed by atoms with Gasteiger partial charge in [0.1, 0.15) is 5.15 Å². The minimum Gasteiger partial charge on any atom is -0.478 e. The standard InChI is InChI=1S/C8H4ClF3N2O3/c9-5-1-3(6(15)16)4(2-13-5)14-7(17)8(10,11)12/h1-2H,(H,14,17)(H,15,16). The summed E-state index contributed by atoms with van der Waals surface area (Å²) in [5.41, 5.74) is -1.16. The predicted octanol–water partition coefficient (Wildman–Crippen LogP) is 1.93. The van der Waals surface area contributed by atoms with Gasteiger partial charge in [0.15, 0.2) is 0 Å². The highest BCUT2D eigenvalue weighted by atomic mass is 35.5. The van der Waals surface area contributed by atoms with Gasteiger partial charge in [-0.1, -0.05) is 11.6 Å². The number of nitrogens with zero attached hydrogens (tertiary/aromatic N) is 1. The second-order valence-corrected chi connectivity index (χ2v) is 3.20. The number of carboxylic acids is 1. The first-order chi connectivity index (χ1) is 7.71. The van der Waals surface area contributed by atoms with E-state index < -0.39 is 29.3 Å². The molecule has 0 aliphatic rings. The molecule has 0 spiro atoms. The van der Waals surface area contributed by atoms with Crippen LogP contribution in [-0.2, 0) is 4.79 Å². The van der Waals surface area contributed by atoms with E-state index in [-0.39, 0.29) is 5.15 Å². The second-order valence-electron chi connectivity index (χ2n) is 2.81. The van der Waals surface area contributed by atoms with Gasteiger partial charge in [-0.05, 0) is 6.07 Å². The zero-order valence-corrected chi connectivity index (χ0v) is 8.63. The smallest absolute Gasteiger partial charge is 0.471 e. The molecular weight excluding hydrogens is 265 g/mol. The Bertz CT molecular complexity index is 476. The zero-order chi connectivity index (χ0) is 13.2. The van der Waals surface area contributed by atoms with Gasteiger partial charge >= 0.3 is 18.1 Å². The Morgan fingerprint density at radius 3 is 2.47 bits per heavy atom. The van der Waals surface area contributed by atoms with Gasteiger partial charge in [-0.15, -0.1) is 0 Å². The lowest BCUT2D eigenvalue weighted by atomic mass is 10.2. The van der Waals surface area contributed by atoms with Crippen molar-refractivity contribution in [2.75, 3.05) is 5.32 Å². The molecule has 0 aliphatic heterocycles. The highest BCUT2D eigenvalue weighted by Gasteiger charge is 2.39. The Morgan fingerprint density at radius 2 is 2.00 bits per heavy atom. The van der Waals surface area contributed by atoms with Crippen molar-refractivity contribution in [3.05, 3.63) is 23.0 Å². The molecule has 0 saturated carbocycles. The van der Waals surface area contributed by atoms with Gasteiger partial charge in [0.2, 0.25) is 0 Å². The molecule has 2 N–H and O–H groups in total. The van der Waals surface area contributed by atoms with Crippen LogP contribution in [-0.4, -0.2) is 28.1 Å². The summed E-state index contributed by atoms with van der Waals surface area (Å²) in [6.07, 6.45) is -4.38. The molecule has 5 nitrogen and oxygen atoms in total. The van der Waals surface area contributed by atoms with Crippen molar-refractivity contribution in [3.63, 3.8) is 0 Å². The highest BCUT2D eigenvalue weighted by Crippen LogP contribution is 2.22. The maximum atomic E-state index is 11.9. The molecule has 0 radical (unpaired) electrons. The van der Waals surface area contributed by atoms with E-state index in [1.807, 2.05) is 0 Å². The van der Waals surface area contributed by atoms with Crippen molar-refractivity contribution in [3.8, 4) is 0 Å². The fourth-order valence-corrected chi connectivity index (χ4v) is 1.06. The van der Waals surface area contributed by atoms with Crippen molar-refractivity contribution in [2.45, 2.75) is 6.18 Å². The van der Waals surface area contributed by atoms with Gasteiger partial charge < -0.3 is 10.4 Å². The Kier molecular flexibility index (Phi) is 3.56. The Balaban J connectivity index is 3.07. The summed E-state index contributed by atoms with van der Waals surface area (Å²) >= 11 is 5.38. The number of halogens is 4. The summed E-state index contributed by atoms with van der Waals surface area (Å²) in [6.45, 7) is 0. The van der Waals surface area contributed by atoms with Crippen molar-refractivity contribution < 1.29 is 27.9 Å². The molecule has 1 heterocycles. The van der Waals surface area contributed by atoms with E-state index in [1.165, 1.54) is 5.32 Å². The van der Waals surface area contributed by atoms with Crippen LogP contribution in [0.25, 0.3) is 0 Å². The number of aromatic nitrogens is 1. The molecular formula is C8H4ClF3N2O3. The number of aromatic carboxylic acids is 1. The fourth-order valence-electron chi connectivity index (χ4n) is 0.900. The summed E-state index contributed by atoms with van der Waals surface area (Å²) in [4.78, 5) is 24.7. The monoisotopic (exact) mass is 268 g/mol. The van der Waals surface area contributed by atoms with E-state index in [9.17, 15) is 22.8 Å². The first kappa shape index (κ1) is 13.2. The van der Waals surface area contributed by atoms with Gasteiger partial charge in [-0.2, -0.15) is 13.2 Å². The minimum absolute atomic E-state index is 0.215. The molecule has 0 fully saturated rings. The van der Waals surface area contributed by atoms with Gasteiger partial charge in [-0.3, -0.25) is 4.79 Å². The number of carboxylic acid groups (broad SMARTS) is 1. The zero-order valence-electron chi connectivity index (χ0n) is 7.88. The number of alkyl halides is 3. The SMILES string of the molecule is O=C(O)c1cc(Cl)ncc1NC(=O)C(F)(F)F. The average molecular weight is 269 g/mol. The van der Waals surface area contributed by atoms with Crippen LogP contribution in [0.4, 0.5) is 18.9 Å². The summed E-state index contributed by atoms with van der Waals surface area (Å²) < 4.78 is 35.8. The summed E-state index contributed by atoms with van der Waals surface area (Å²) in [6, 6.07) is 0.829. The lowest BCUT2D eigenvalue weighted by Gasteiger charge is -2.09. The number of hydrogen-bond acceptors (Lipinski definition) is 3. The maximum Gasteiger partial charge on any atom is 0.471 e. The number of carbonyl (C=O) groups is 2. The van der Waals surface area contributed by atoms with Crippen molar-refractivity contribution in [1.29, 1.82) is 0 Å². The van der Waals surface area contributed by atoms with E-state index in [0.717, 1.165) is 12.3 Å². The lowest BCUT2D eigenvalue weighted by Crippen LogP contribution is -2.30. The number of rotatable bonds is 2. The van der Waals surface area contributed by atoms with E-state index in [0.29, 0.717) is 0 Å². The quantitative estimate of drug-likeness (QED) is 0.803.